The summed E-state index contributed by atoms with van der Waals surface area (Å²) in [6.45, 7) is 5.49. The molecule has 4 heteroatoms. The van der Waals surface area contributed by atoms with E-state index in [4.69, 9.17) is 0 Å². The van der Waals surface area contributed by atoms with Gasteiger partial charge in [0, 0.05) is 12.5 Å². The molecule has 0 aromatic rings. The molecule has 0 radical (unpaired) electrons. The zero-order valence-corrected chi connectivity index (χ0v) is 11.0. The van der Waals surface area contributed by atoms with Crippen molar-refractivity contribution in [1.82, 2.24) is 4.90 Å². The van der Waals surface area contributed by atoms with Gasteiger partial charge < -0.3 is 10.0 Å². The Kier molecular flexibility index (Phi) is 4.54. The molecule has 0 aromatic heterocycles. The highest BCUT2D eigenvalue weighted by molar-refractivity contribution is 5.87. The van der Waals surface area contributed by atoms with E-state index in [1.807, 2.05) is 6.92 Å². The third-order valence-corrected chi connectivity index (χ3v) is 3.73. The van der Waals surface area contributed by atoms with E-state index >= 15 is 0 Å². The fourth-order valence-electron chi connectivity index (χ4n) is 2.51. The lowest BCUT2D eigenvalue weighted by Crippen LogP contribution is -2.54. The Bertz CT molecular complexity index is 293. The normalized spacial score (nSPS) is 17.8. The number of hydrogen-bond acceptors (Lipinski definition) is 2. The Morgan fingerprint density at radius 3 is 2.18 bits per heavy atom. The molecule has 0 aliphatic heterocycles. The molecule has 0 aromatic carbocycles. The van der Waals surface area contributed by atoms with Crippen LogP contribution in [0.5, 0.6) is 0 Å². The molecule has 1 aliphatic carbocycles. The summed E-state index contributed by atoms with van der Waals surface area (Å²) in [4.78, 5) is 25.1. The van der Waals surface area contributed by atoms with Crippen molar-refractivity contribution in [1.29, 1.82) is 0 Å². The van der Waals surface area contributed by atoms with E-state index in [2.05, 4.69) is 0 Å². The minimum atomic E-state index is -1.11. The van der Waals surface area contributed by atoms with Gasteiger partial charge in [-0.05, 0) is 33.6 Å². The number of hydrogen-bond donors (Lipinski definition) is 1. The van der Waals surface area contributed by atoms with Crippen LogP contribution in [0.15, 0.2) is 0 Å². The van der Waals surface area contributed by atoms with E-state index in [0.29, 0.717) is 6.54 Å². The van der Waals surface area contributed by atoms with E-state index in [-0.39, 0.29) is 11.8 Å². The van der Waals surface area contributed by atoms with Gasteiger partial charge in [-0.15, -0.1) is 0 Å². The van der Waals surface area contributed by atoms with Crippen molar-refractivity contribution in [3.05, 3.63) is 0 Å². The Balaban J connectivity index is 2.79. The molecule has 1 N–H and O–H groups in total. The van der Waals surface area contributed by atoms with Crippen LogP contribution in [0.1, 0.15) is 52.9 Å². The predicted octanol–water partition coefficient (Wildman–Crippen LogP) is 2.28. The second-order valence-corrected chi connectivity index (χ2v) is 5.28. The number of likely N-dealkylation sites (N-methyl/N-ethyl adjacent to an activating group) is 1. The van der Waals surface area contributed by atoms with Crippen LogP contribution in [0.4, 0.5) is 0 Å². The standard InChI is InChI=1S/C13H23NO3/c1-4-14(13(2,3)12(16)17)11(15)10-8-6-5-7-9-10/h10H,4-9H2,1-3H3,(H,16,17). The first-order valence-corrected chi connectivity index (χ1v) is 6.46. The minimum absolute atomic E-state index is 0.0135. The van der Waals surface area contributed by atoms with Crippen molar-refractivity contribution in [3.8, 4) is 0 Å². The van der Waals surface area contributed by atoms with Crippen molar-refractivity contribution < 1.29 is 14.7 Å². The molecule has 1 fully saturated rings. The fraction of sp³-hybridized carbons (Fsp3) is 0.846. The lowest BCUT2D eigenvalue weighted by molar-refractivity contribution is -0.159. The highest BCUT2D eigenvalue weighted by Gasteiger charge is 2.39. The molecule has 1 amide bonds. The summed E-state index contributed by atoms with van der Waals surface area (Å²) in [5.41, 5.74) is -1.11. The fourth-order valence-corrected chi connectivity index (χ4v) is 2.51. The van der Waals surface area contributed by atoms with Crippen molar-refractivity contribution in [2.24, 2.45) is 5.92 Å². The van der Waals surface area contributed by atoms with Crippen molar-refractivity contribution in [2.45, 2.75) is 58.4 Å². The number of carbonyl (C=O) groups excluding carboxylic acids is 1. The van der Waals surface area contributed by atoms with Crippen molar-refractivity contribution in [3.63, 3.8) is 0 Å². The van der Waals surface area contributed by atoms with Crippen LogP contribution in [0.2, 0.25) is 0 Å². The van der Waals surface area contributed by atoms with Gasteiger partial charge in [-0.1, -0.05) is 19.3 Å². The molecule has 1 aliphatic rings. The molecule has 98 valence electrons. The Morgan fingerprint density at radius 2 is 1.76 bits per heavy atom. The Morgan fingerprint density at radius 1 is 1.24 bits per heavy atom. The van der Waals surface area contributed by atoms with E-state index in [1.54, 1.807) is 13.8 Å². The summed E-state index contributed by atoms with van der Waals surface area (Å²) in [6.07, 6.45) is 5.18. The summed E-state index contributed by atoms with van der Waals surface area (Å²) < 4.78 is 0. The Labute approximate surface area is 103 Å². The number of carboxylic acid groups (broad SMARTS) is 1. The van der Waals surface area contributed by atoms with Crippen molar-refractivity contribution >= 4 is 11.9 Å². The number of amides is 1. The highest BCUT2D eigenvalue weighted by Crippen LogP contribution is 2.28. The lowest BCUT2D eigenvalue weighted by Gasteiger charge is -2.37. The van der Waals surface area contributed by atoms with Gasteiger partial charge in [-0.25, -0.2) is 4.79 Å². The first kappa shape index (κ1) is 14.0. The Hall–Kier alpha value is -1.06. The molecule has 1 saturated carbocycles. The molecule has 0 saturated heterocycles. The predicted molar refractivity (Wildman–Crippen MR) is 65.7 cm³/mol. The second kappa shape index (κ2) is 5.52. The summed E-state index contributed by atoms with van der Waals surface area (Å²) in [5.74, 6) is -0.898. The average molecular weight is 241 g/mol. The van der Waals surface area contributed by atoms with E-state index < -0.39 is 11.5 Å². The zero-order valence-electron chi connectivity index (χ0n) is 11.0. The second-order valence-electron chi connectivity index (χ2n) is 5.28. The number of carboxylic acids is 1. The van der Waals surface area contributed by atoms with Crippen LogP contribution in [0.3, 0.4) is 0 Å². The van der Waals surface area contributed by atoms with Gasteiger partial charge in [0.05, 0.1) is 0 Å². The number of carbonyl (C=O) groups is 2. The van der Waals surface area contributed by atoms with Crippen LogP contribution < -0.4 is 0 Å². The maximum atomic E-state index is 12.3. The SMILES string of the molecule is CCN(C(=O)C1CCCCC1)C(C)(C)C(=O)O. The quantitative estimate of drug-likeness (QED) is 0.821. The molecule has 0 unspecified atom stereocenters. The molecule has 4 nitrogen and oxygen atoms in total. The third-order valence-electron chi connectivity index (χ3n) is 3.73. The molecule has 0 atom stereocenters. The molecule has 0 spiro atoms. The third kappa shape index (κ3) is 2.99. The molecular formula is C13H23NO3. The topological polar surface area (TPSA) is 57.6 Å². The van der Waals surface area contributed by atoms with Gasteiger partial charge in [-0.2, -0.15) is 0 Å². The largest absolute Gasteiger partial charge is 0.480 e. The van der Waals surface area contributed by atoms with Gasteiger partial charge in [-0.3, -0.25) is 4.79 Å². The maximum Gasteiger partial charge on any atom is 0.329 e. The van der Waals surface area contributed by atoms with Gasteiger partial charge >= 0.3 is 5.97 Å². The number of aliphatic carboxylic acids is 1. The first-order chi connectivity index (χ1) is 7.91. The van der Waals surface area contributed by atoms with Crippen molar-refractivity contribution in [2.75, 3.05) is 6.54 Å². The lowest BCUT2D eigenvalue weighted by atomic mass is 9.87. The van der Waals surface area contributed by atoms with Gasteiger partial charge in [0.15, 0.2) is 0 Å². The molecule has 0 heterocycles. The highest BCUT2D eigenvalue weighted by atomic mass is 16.4. The summed E-state index contributed by atoms with van der Waals surface area (Å²) >= 11 is 0. The monoisotopic (exact) mass is 241 g/mol. The van der Waals surface area contributed by atoms with Crippen LogP contribution in [0.25, 0.3) is 0 Å². The summed E-state index contributed by atoms with van der Waals surface area (Å²) in [6, 6.07) is 0. The molecular weight excluding hydrogens is 218 g/mol. The van der Waals surface area contributed by atoms with Crippen LogP contribution in [-0.4, -0.2) is 34.0 Å². The summed E-state index contributed by atoms with van der Waals surface area (Å²) in [7, 11) is 0. The van der Waals surface area contributed by atoms with Gasteiger partial charge in [0.25, 0.3) is 0 Å². The van der Waals surface area contributed by atoms with Crippen LogP contribution >= 0.6 is 0 Å². The molecule has 17 heavy (non-hydrogen) atoms. The molecule has 1 rings (SSSR count). The van der Waals surface area contributed by atoms with Crippen LogP contribution in [-0.2, 0) is 9.59 Å². The van der Waals surface area contributed by atoms with Gasteiger partial charge in [0.2, 0.25) is 5.91 Å². The van der Waals surface area contributed by atoms with E-state index in [0.717, 1.165) is 25.7 Å². The van der Waals surface area contributed by atoms with E-state index in [1.165, 1.54) is 11.3 Å². The number of nitrogens with zero attached hydrogens (tertiary/aromatic N) is 1. The molecule has 0 bridgehead atoms. The van der Waals surface area contributed by atoms with Gasteiger partial charge in [0.1, 0.15) is 5.54 Å². The minimum Gasteiger partial charge on any atom is -0.480 e. The summed E-state index contributed by atoms with van der Waals surface area (Å²) in [5, 5.41) is 9.20. The number of rotatable bonds is 4. The smallest absolute Gasteiger partial charge is 0.329 e. The van der Waals surface area contributed by atoms with Crippen LogP contribution in [0, 0.1) is 5.92 Å². The maximum absolute atomic E-state index is 12.3. The first-order valence-electron chi connectivity index (χ1n) is 6.46. The zero-order chi connectivity index (χ0) is 13.1. The van der Waals surface area contributed by atoms with E-state index in [9.17, 15) is 14.7 Å². The average Bonchev–Trinajstić information content (AvgIpc) is 2.30.